The normalized spacial score (nSPS) is 13.6. The fourth-order valence-electron chi connectivity index (χ4n) is 3.52. The molecule has 1 fully saturated rings. The summed E-state index contributed by atoms with van der Waals surface area (Å²) in [7, 11) is 0. The van der Waals surface area contributed by atoms with E-state index in [1.165, 1.54) is 30.3 Å². The van der Waals surface area contributed by atoms with Crippen LogP contribution in [0.15, 0.2) is 66.7 Å². The summed E-state index contributed by atoms with van der Waals surface area (Å²) in [4.78, 5) is 27.0. The van der Waals surface area contributed by atoms with Gasteiger partial charge in [0.05, 0.1) is 5.69 Å². The maximum atomic E-state index is 13.8. The van der Waals surface area contributed by atoms with Gasteiger partial charge < -0.3 is 20.6 Å². The molecule has 0 atom stereocenters. The Bertz CT molecular complexity index is 1110. The molecule has 1 saturated heterocycles. The third-order valence-electron chi connectivity index (χ3n) is 5.17. The second-order valence-corrected chi connectivity index (χ2v) is 7.32. The molecule has 4 rings (SSSR count). The first-order chi connectivity index (χ1) is 15.0. The first kappa shape index (κ1) is 20.6. The van der Waals surface area contributed by atoms with Crippen molar-refractivity contribution in [2.24, 2.45) is 0 Å². The van der Waals surface area contributed by atoms with Crippen LogP contribution in [0.25, 0.3) is 11.1 Å². The number of carbonyl (C=O) groups excluding carboxylic acids is 2. The number of aromatic hydroxyl groups is 1. The van der Waals surface area contributed by atoms with Crippen molar-refractivity contribution in [2.45, 2.75) is 0 Å². The zero-order valence-electron chi connectivity index (χ0n) is 16.8. The number of benzene rings is 3. The molecule has 31 heavy (non-hydrogen) atoms. The van der Waals surface area contributed by atoms with Crippen LogP contribution in [-0.4, -0.2) is 48.0 Å². The van der Waals surface area contributed by atoms with E-state index in [0.717, 1.165) is 18.7 Å². The molecule has 3 aromatic carbocycles. The fourth-order valence-corrected chi connectivity index (χ4v) is 3.52. The van der Waals surface area contributed by atoms with E-state index in [9.17, 15) is 19.1 Å². The molecule has 1 aliphatic heterocycles. The Hall–Kier alpha value is -3.71. The molecule has 158 valence electrons. The minimum absolute atomic E-state index is 0.0195. The molecule has 1 heterocycles. The Kier molecular flexibility index (Phi) is 5.95. The zero-order valence-corrected chi connectivity index (χ0v) is 16.8. The highest BCUT2D eigenvalue weighted by Gasteiger charge is 2.18. The van der Waals surface area contributed by atoms with Gasteiger partial charge in [0.1, 0.15) is 11.6 Å². The molecule has 0 spiro atoms. The van der Waals surface area contributed by atoms with Gasteiger partial charge in [-0.15, -0.1) is 0 Å². The van der Waals surface area contributed by atoms with E-state index in [4.69, 9.17) is 0 Å². The molecule has 3 N–H and O–H groups in total. The predicted octanol–water partition coefficient (Wildman–Crippen LogP) is 3.50. The number of anilines is 1. The summed E-state index contributed by atoms with van der Waals surface area (Å²) in [6, 6.07) is 17.4. The van der Waals surface area contributed by atoms with Gasteiger partial charge in [0, 0.05) is 37.3 Å². The number of rotatable bonds is 4. The van der Waals surface area contributed by atoms with E-state index in [1.807, 2.05) is 4.90 Å². The number of carbonyl (C=O) groups is 2. The first-order valence-electron chi connectivity index (χ1n) is 10.0. The fraction of sp³-hybridized carbons (Fsp3) is 0.167. The molecule has 7 heteroatoms. The molecule has 0 aliphatic carbocycles. The number of para-hydroxylation sites is 1. The van der Waals surface area contributed by atoms with Crippen LogP contribution in [0.3, 0.4) is 0 Å². The number of phenolic OH excluding ortho intramolecular Hbond substituents is 1. The molecular formula is C24H22FN3O3. The molecule has 0 radical (unpaired) electrons. The monoisotopic (exact) mass is 419 g/mol. The van der Waals surface area contributed by atoms with Gasteiger partial charge in [-0.1, -0.05) is 24.3 Å². The maximum absolute atomic E-state index is 13.8. The summed E-state index contributed by atoms with van der Waals surface area (Å²) >= 11 is 0. The third kappa shape index (κ3) is 4.73. The molecular weight excluding hydrogens is 397 g/mol. The van der Waals surface area contributed by atoms with Crippen LogP contribution in [-0.2, 0) is 0 Å². The molecule has 0 unspecified atom stereocenters. The lowest BCUT2D eigenvalue weighted by atomic mass is 10.0. The standard InChI is InChI=1S/C24H22FN3O3/c25-21-3-1-2-4-22(21)27-23(30)19-13-18(14-20(29)15-19)16-5-7-17(8-6-16)24(31)28-11-9-26-10-12-28/h1-8,13-15,26,29H,9-12H2,(H,27,30). The summed E-state index contributed by atoms with van der Waals surface area (Å²) in [5.41, 5.74) is 2.20. The van der Waals surface area contributed by atoms with Crippen LogP contribution in [0.2, 0.25) is 0 Å². The summed E-state index contributed by atoms with van der Waals surface area (Å²) in [5, 5.41) is 15.8. The van der Waals surface area contributed by atoms with Crippen molar-refractivity contribution >= 4 is 17.5 Å². The van der Waals surface area contributed by atoms with Crippen molar-refractivity contribution in [1.82, 2.24) is 10.2 Å². The van der Waals surface area contributed by atoms with Gasteiger partial charge in [-0.25, -0.2) is 4.39 Å². The van der Waals surface area contributed by atoms with Gasteiger partial charge in [-0.05, 0) is 53.6 Å². The Labute approximate surface area is 179 Å². The van der Waals surface area contributed by atoms with Crippen molar-refractivity contribution in [2.75, 3.05) is 31.5 Å². The summed E-state index contributed by atoms with van der Waals surface area (Å²) in [5.74, 6) is -1.18. The third-order valence-corrected chi connectivity index (χ3v) is 5.17. The van der Waals surface area contributed by atoms with Gasteiger partial charge in [0.25, 0.3) is 11.8 Å². The van der Waals surface area contributed by atoms with E-state index in [-0.39, 0.29) is 22.9 Å². The first-order valence-corrected chi connectivity index (χ1v) is 10.0. The second-order valence-electron chi connectivity index (χ2n) is 7.32. The highest BCUT2D eigenvalue weighted by Crippen LogP contribution is 2.27. The number of hydrogen-bond acceptors (Lipinski definition) is 4. The average molecular weight is 419 g/mol. The van der Waals surface area contributed by atoms with Crippen molar-refractivity contribution in [3.05, 3.63) is 83.7 Å². The number of nitrogens with zero attached hydrogens (tertiary/aromatic N) is 1. The van der Waals surface area contributed by atoms with Crippen molar-refractivity contribution in [3.63, 3.8) is 0 Å². The average Bonchev–Trinajstić information content (AvgIpc) is 2.80. The van der Waals surface area contributed by atoms with Crippen LogP contribution in [0, 0.1) is 5.82 Å². The molecule has 3 aromatic rings. The SMILES string of the molecule is O=C(Nc1ccccc1F)c1cc(O)cc(-c2ccc(C(=O)N3CCNCC3)cc2)c1. The minimum Gasteiger partial charge on any atom is -0.508 e. The van der Waals surface area contributed by atoms with Crippen LogP contribution >= 0.6 is 0 Å². The van der Waals surface area contributed by atoms with Crippen molar-refractivity contribution in [1.29, 1.82) is 0 Å². The number of hydrogen-bond donors (Lipinski definition) is 3. The number of amides is 2. The van der Waals surface area contributed by atoms with Gasteiger partial charge >= 0.3 is 0 Å². The smallest absolute Gasteiger partial charge is 0.255 e. The molecule has 0 aromatic heterocycles. The Morgan fingerprint density at radius 1 is 0.903 bits per heavy atom. The lowest BCUT2D eigenvalue weighted by Crippen LogP contribution is -2.46. The van der Waals surface area contributed by atoms with E-state index in [1.54, 1.807) is 36.4 Å². The Morgan fingerprint density at radius 2 is 1.61 bits per heavy atom. The van der Waals surface area contributed by atoms with Gasteiger partial charge in [0.15, 0.2) is 0 Å². The lowest BCUT2D eigenvalue weighted by molar-refractivity contribution is 0.0735. The van der Waals surface area contributed by atoms with E-state index >= 15 is 0 Å². The highest BCUT2D eigenvalue weighted by molar-refractivity contribution is 6.05. The Morgan fingerprint density at radius 3 is 2.32 bits per heavy atom. The second kappa shape index (κ2) is 8.97. The number of nitrogens with one attached hydrogen (secondary N) is 2. The predicted molar refractivity (Wildman–Crippen MR) is 117 cm³/mol. The molecule has 6 nitrogen and oxygen atoms in total. The molecule has 1 aliphatic rings. The minimum atomic E-state index is -0.541. The van der Waals surface area contributed by atoms with E-state index < -0.39 is 11.7 Å². The zero-order chi connectivity index (χ0) is 21.8. The lowest BCUT2D eigenvalue weighted by Gasteiger charge is -2.27. The summed E-state index contributed by atoms with van der Waals surface area (Å²) in [6.45, 7) is 2.91. The highest BCUT2D eigenvalue weighted by atomic mass is 19.1. The van der Waals surface area contributed by atoms with Crippen molar-refractivity contribution < 1.29 is 19.1 Å². The summed E-state index contributed by atoms with van der Waals surface area (Å²) in [6.07, 6.45) is 0. The van der Waals surface area contributed by atoms with Crippen molar-refractivity contribution in [3.8, 4) is 16.9 Å². The van der Waals surface area contributed by atoms with Gasteiger partial charge in [-0.3, -0.25) is 9.59 Å². The largest absolute Gasteiger partial charge is 0.508 e. The molecule has 0 bridgehead atoms. The van der Waals surface area contributed by atoms with Crippen LogP contribution in [0.4, 0.5) is 10.1 Å². The maximum Gasteiger partial charge on any atom is 0.255 e. The summed E-state index contributed by atoms with van der Waals surface area (Å²) < 4.78 is 13.8. The number of piperazine rings is 1. The van der Waals surface area contributed by atoms with E-state index in [0.29, 0.717) is 24.2 Å². The number of phenols is 1. The van der Waals surface area contributed by atoms with Crippen LogP contribution in [0.5, 0.6) is 5.75 Å². The van der Waals surface area contributed by atoms with Crippen LogP contribution < -0.4 is 10.6 Å². The quantitative estimate of drug-likeness (QED) is 0.605. The molecule has 0 saturated carbocycles. The van der Waals surface area contributed by atoms with Gasteiger partial charge in [0.2, 0.25) is 0 Å². The topological polar surface area (TPSA) is 81.7 Å². The van der Waals surface area contributed by atoms with Gasteiger partial charge in [-0.2, -0.15) is 0 Å². The van der Waals surface area contributed by atoms with Crippen LogP contribution in [0.1, 0.15) is 20.7 Å². The Balaban J connectivity index is 1.54. The van der Waals surface area contributed by atoms with E-state index in [2.05, 4.69) is 10.6 Å². The molecule has 2 amide bonds. The number of halogens is 1.